The Morgan fingerprint density at radius 2 is 0.829 bits per heavy atom. The summed E-state index contributed by atoms with van der Waals surface area (Å²) in [6.07, 6.45) is 13.5. The van der Waals surface area contributed by atoms with Crippen molar-refractivity contribution in [2.24, 2.45) is 11.8 Å². The zero-order valence-corrected chi connectivity index (χ0v) is 47.9. The maximum absolute atomic E-state index is 13.4. The van der Waals surface area contributed by atoms with Crippen LogP contribution in [0.25, 0.3) is 0 Å². The molecule has 2 saturated carbocycles. The molecule has 420 valence electrons. The highest BCUT2D eigenvalue weighted by Gasteiger charge is 2.73. The number of amides is 2. The molecule has 82 heavy (non-hydrogen) atoms. The second-order valence-electron chi connectivity index (χ2n) is 26.8. The highest BCUT2D eigenvalue weighted by Crippen LogP contribution is 2.72. The van der Waals surface area contributed by atoms with Gasteiger partial charge in [-0.25, -0.2) is 9.59 Å². The van der Waals surface area contributed by atoms with Crippen LogP contribution in [0.5, 0.6) is 0 Å². The molecule has 8 heterocycles. The molecule has 6 fully saturated rings. The van der Waals surface area contributed by atoms with E-state index in [1.165, 1.54) is 116 Å². The van der Waals surface area contributed by atoms with Crippen molar-refractivity contribution in [2.75, 3.05) is 75.8 Å². The molecule has 2 unspecified atom stereocenters. The second kappa shape index (κ2) is 17.3. The molecule has 4 aliphatic carbocycles. The average molecular weight is 1090 g/mol. The SMILES string of the molecule is CN1CC[C@]2(c3cccc4c3N[C@@H]3N(C)CC[C@]43[C@@]34CCC[C@@H]3Cc3ccccc34)c3ccccc3NC12.COC(=O)N1CC[C@]2(c3cccc4c3N[C@@H]3N(C(=O)OC)CC[C@]43[C@@]34CCC[C@@H]3Cc3ccccc34)c3ccccc3NC12. The molecule has 4 N–H and O–H groups in total. The Labute approximate surface area is 482 Å². The summed E-state index contributed by atoms with van der Waals surface area (Å²) in [6, 6.07) is 50.3. The number of methoxy groups -OCH3 is 2. The fourth-order valence-corrected chi connectivity index (χ4v) is 21.9. The standard InChI is InChI=1S/C36H38N4O4.C34H38N4/c1-43-32(41)39-19-17-34(25-12-5-6-15-28(25)37-30(34)39)26-13-7-14-27-29(26)38-31-36(27,18-20-40(31)33(42)44-2)35-16-8-10-23(35)21-22-9-3-4-11-24(22)35;1-37-19-17-32(25-12-5-6-15-28(25)35-30(32)37)26-13-7-14-27-29(26)36-31-34(27,18-20-38(31)2)33-16-8-10-23(33)21-22-9-3-4-11-24(22)33/h3-7,9,11-15,23,30-31,37-38H,8,10,16-21H2,1-2H3;3-7,9,11-15,23,30-31,35-36H,8,10,16-21H2,1-2H3/t23-,30?,31-,34-,35+,36+;23-,30?,31-,32-,33+,34+/m11/s1. The molecule has 0 bridgehead atoms. The van der Waals surface area contributed by atoms with Gasteiger partial charge in [0.05, 0.1) is 37.4 Å². The molecule has 6 aromatic rings. The van der Waals surface area contributed by atoms with E-state index in [1.807, 2.05) is 15.9 Å². The molecule has 2 amide bonds. The summed E-state index contributed by atoms with van der Waals surface area (Å²) in [4.78, 5) is 35.5. The van der Waals surface area contributed by atoms with Crippen LogP contribution in [-0.4, -0.2) is 111 Å². The Bertz CT molecular complexity index is 3680. The third-order valence-electron chi connectivity index (χ3n) is 24.6. The fourth-order valence-electron chi connectivity index (χ4n) is 21.9. The molecule has 12 atom stereocenters. The Morgan fingerprint density at radius 3 is 1.41 bits per heavy atom. The quantitative estimate of drug-likeness (QED) is 0.136. The number of hydrogen-bond donors (Lipinski definition) is 4. The monoisotopic (exact) mass is 1090 g/mol. The summed E-state index contributed by atoms with van der Waals surface area (Å²) in [5, 5.41) is 15.9. The van der Waals surface area contributed by atoms with Gasteiger partial charge in [0.15, 0.2) is 0 Å². The summed E-state index contributed by atoms with van der Waals surface area (Å²) in [5.74, 6) is 1.28. The Morgan fingerprint density at radius 1 is 0.415 bits per heavy atom. The number of benzene rings is 6. The minimum absolute atomic E-state index is 0.0254. The first-order valence-corrected chi connectivity index (χ1v) is 30.9. The van der Waals surface area contributed by atoms with Crippen molar-refractivity contribution in [1.29, 1.82) is 0 Å². The molecule has 4 saturated heterocycles. The van der Waals surface area contributed by atoms with Gasteiger partial charge in [-0.05, 0) is 158 Å². The molecule has 12 nitrogen and oxygen atoms in total. The zero-order valence-electron chi connectivity index (χ0n) is 47.9. The third-order valence-corrected chi connectivity index (χ3v) is 24.6. The van der Waals surface area contributed by atoms with Crippen molar-refractivity contribution in [3.05, 3.63) is 189 Å². The predicted molar refractivity (Wildman–Crippen MR) is 321 cm³/mol. The van der Waals surface area contributed by atoms with Crippen LogP contribution < -0.4 is 21.3 Å². The van der Waals surface area contributed by atoms with E-state index in [4.69, 9.17) is 9.47 Å². The molecule has 12 heteroatoms. The highest BCUT2D eigenvalue weighted by molar-refractivity contribution is 5.82. The van der Waals surface area contributed by atoms with Crippen molar-refractivity contribution >= 4 is 34.9 Å². The third kappa shape index (κ3) is 5.73. The normalized spacial score (nSPS) is 35.7. The van der Waals surface area contributed by atoms with Crippen molar-refractivity contribution < 1.29 is 19.1 Å². The summed E-state index contributed by atoms with van der Waals surface area (Å²) in [6.45, 7) is 3.52. The van der Waals surface area contributed by atoms with E-state index in [1.54, 1.807) is 16.7 Å². The van der Waals surface area contributed by atoms with Gasteiger partial charge < -0.3 is 30.7 Å². The van der Waals surface area contributed by atoms with Gasteiger partial charge >= 0.3 is 12.2 Å². The summed E-state index contributed by atoms with van der Waals surface area (Å²) < 4.78 is 10.7. The van der Waals surface area contributed by atoms with E-state index in [2.05, 4.69) is 173 Å². The van der Waals surface area contributed by atoms with Crippen molar-refractivity contribution in [3.8, 4) is 0 Å². The Hall–Kier alpha value is -7.02. The van der Waals surface area contributed by atoms with Crippen molar-refractivity contribution in [1.82, 2.24) is 19.6 Å². The first-order valence-electron chi connectivity index (χ1n) is 30.9. The molecule has 8 aliphatic heterocycles. The summed E-state index contributed by atoms with van der Waals surface area (Å²) in [7, 11) is 7.60. The van der Waals surface area contributed by atoms with E-state index >= 15 is 0 Å². The molecule has 0 radical (unpaired) electrons. The lowest BCUT2D eigenvalue weighted by Crippen LogP contribution is -2.57. The fraction of sp³-hybridized carbons (Fsp3) is 0.457. The number of ether oxygens (including phenoxy) is 2. The summed E-state index contributed by atoms with van der Waals surface area (Å²) >= 11 is 0. The lowest BCUT2D eigenvalue weighted by molar-refractivity contribution is 0.0993. The Balaban J connectivity index is 0.000000131. The van der Waals surface area contributed by atoms with E-state index in [0.717, 1.165) is 55.9 Å². The van der Waals surface area contributed by atoms with Gasteiger partial charge in [-0.3, -0.25) is 19.6 Å². The number of anilines is 4. The molecular weight excluding hydrogens is 1020 g/mol. The first-order chi connectivity index (χ1) is 40.1. The molecular formula is C70H76N8O4. The predicted octanol–water partition coefficient (Wildman–Crippen LogP) is 11.6. The van der Waals surface area contributed by atoms with Crippen LogP contribution in [0.4, 0.5) is 32.3 Å². The van der Waals surface area contributed by atoms with Crippen LogP contribution in [0.1, 0.15) is 120 Å². The van der Waals surface area contributed by atoms with E-state index in [-0.39, 0.29) is 51.6 Å². The maximum Gasteiger partial charge on any atom is 0.411 e. The van der Waals surface area contributed by atoms with Crippen LogP contribution in [0.3, 0.4) is 0 Å². The van der Waals surface area contributed by atoms with Crippen LogP contribution in [0.15, 0.2) is 133 Å². The lowest BCUT2D eigenvalue weighted by Gasteiger charge is -2.49. The lowest BCUT2D eigenvalue weighted by atomic mass is 9.53. The van der Waals surface area contributed by atoms with Gasteiger partial charge in [0.1, 0.15) is 12.3 Å². The number of carbonyl (C=O) groups excluding carboxylic acids is 2. The highest BCUT2D eigenvalue weighted by atomic mass is 16.5. The second-order valence-corrected chi connectivity index (χ2v) is 26.8. The van der Waals surface area contributed by atoms with Crippen LogP contribution in [-0.2, 0) is 54.8 Å². The number of rotatable bonds is 4. The number of para-hydroxylation sites is 4. The zero-order chi connectivity index (χ0) is 55.1. The summed E-state index contributed by atoms with van der Waals surface area (Å²) in [5.41, 5.74) is 18.9. The number of nitrogens with one attached hydrogen (secondary N) is 4. The number of carbonyl (C=O) groups is 2. The van der Waals surface area contributed by atoms with Crippen molar-refractivity contribution in [3.63, 3.8) is 0 Å². The van der Waals surface area contributed by atoms with Gasteiger partial charge in [-0.15, -0.1) is 0 Å². The molecule has 0 aromatic heterocycles. The minimum atomic E-state index is -0.473. The molecule has 6 aromatic carbocycles. The van der Waals surface area contributed by atoms with Gasteiger partial charge in [-0.2, -0.15) is 0 Å². The molecule has 18 rings (SSSR count). The molecule has 12 aliphatic rings. The van der Waals surface area contributed by atoms with Crippen LogP contribution in [0.2, 0.25) is 0 Å². The topological polar surface area (TPSA) is 114 Å². The van der Waals surface area contributed by atoms with Gasteiger partial charge in [0, 0.05) is 70.6 Å². The number of nitrogens with zero attached hydrogens (tertiary/aromatic N) is 4. The number of hydrogen-bond acceptors (Lipinski definition) is 10. The van der Waals surface area contributed by atoms with Crippen LogP contribution in [0, 0.1) is 11.8 Å². The van der Waals surface area contributed by atoms with E-state index < -0.39 is 5.41 Å². The number of fused-ring (bicyclic) bond motifs is 20. The Kier molecular flexibility index (Phi) is 10.5. The number of likely N-dealkylation sites (N-methyl/N-ethyl adjacent to an activating group) is 2. The average Bonchev–Trinajstić information content (AvgIpc) is 1.72. The van der Waals surface area contributed by atoms with Crippen molar-refractivity contribution in [2.45, 2.75) is 134 Å². The number of likely N-dealkylation sites (tertiary alicyclic amines) is 4. The van der Waals surface area contributed by atoms with Gasteiger partial charge in [0.2, 0.25) is 0 Å². The van der Waals surface area contributed by atoms with E-state index in [9.17, 15) is 9.59 Å². The first kappa shape index (κ1) is 49.6. The smallest absolute Gasteiger partial charge is 0.411 e. The van der Waals surface area contributed by atoms with Crippen LogP contribution >= 0.6 is 0 Å². The maximum atomic E-state index is 13.4. The largest absolute Gasteiger partial charge is 0.453 e. The van der Waals surface area contributed by atoms with Gasteiger partial charge in [0.25, 0.3) is 0 Å². The van der Waals surface area contributed by atoms with Gasteiger partial charge in [-0.1, -0.05) is 134 Å². The van der Waals surface area contributed by atoms with E-state index in [0.29, 0.717) is 31.3 Å². The molecule has 0 spiro atoms. The minimum Gasteiger partial charge on any atom is -0.453 e.